The Labute approximate surface area is 307 Å². The van der Waals surface area contributed by atoms with Crippen LogP contribution in [-0.2, 0) is 0 Å². The van der Waals surface area contributed by atoms with Gasteiger partial charge < -0.3 is 0 Å². The van der Waals surface area contributed by atoms with Crippen molar-refractivity contribution in [2.75, 3.05) is 0 Å². The van der Waals surface area contributed by atoms with E-state index in [1.165, 1.54) is 77.2 Å². The lowest BCUT2D eigenvalue weighted by molar-refractivity contribution is 1.19. The molecule has 0 saturated heterocycles. The standard InChI is InChI=1S/C51H32N2/c1-4-15-34(16-5-1)45-40-21-10-11-22-41(40)46(35-17-6-2-7-18-35)49-43-31-30-38(39-23-14-24-42(47(39)43)48(45)49)33-26-28-37(29-27-33)51-50(36-19-8-3-9-20-36)52-44-25-12-13-32-53(44)51/h1-32H. The normalized spacial score (nSPS) is 11.8. The molecule has 0 amide bonds. The lowest BCUT2D eigenvalue weighted by Gasteiger charge is -2.20. The summed E-state index contributed by atoms with van der Waals surface area (Å²) in [5, 5.41) is 5.14. The Hall–Kier alpha value is -7.03. The molecule has 0 aliphatic heterocycles. The van der Waals surface area contributed by atoms with Gasteiger partial charge in [-0.15, -0.1) is 0 Å². The van der Waals surface area contributed by atoms with Gasteiger partial charge in [0, 0.05) is 17.3 Å². The van der Waals surface area contributed by atoms with Crippen molar-refractivity contribution in [2.24, 2.45) is 0 Å². The van der Waals surface area contributed by atoms with Gasteiger partial charge in [0.25, 0.3) is 0 Å². The van der Waals surface area contributed by atoms with Gasteiger partial charge in [0.05, 0.1) is 11.4 Å². The van der Waals surface area contributed by atoms with E-state index in [1.54, 1.807) is 0 Å². The van der Waals surface area contributed by atoms with E-state index in [2.05, 4.69) is 193 Å². The first kappa shape index (κ1) is 29.7. The monoisotopic (exact) mass is 672 g/mol. The summed E-state index contributed by atoms with van der Waals surface area (Å²) in [6.45, 7) is 0. The van der Waals surface area contributed by atoms with Gasteiger partial charge in [-0.05, 0) is 89.3 Å². The molecule has 0 radical (unpaired) electrons. The van der Waals surface area contributed by atoms with Crippen LogP contribution in [0.25, 0.3) is 105 Å². The van der Waals surface area contributed by atoms with E-state index in [0.717, 1.165) is 28.2 Å². The molecule has 2 aromatic heterocycles. The number of nitrogens with zero attached hydrogens (tertiary/aromatic N) is 2. The smallest absolute Gasteiger partial charge is 0.137 e. The van der Waals surface area contributed by atoms with Crippen LogP contribution in [0.4, 0.5) is 0 Å². The molecule has 0 bridgehead atoms. The maximum Gasteiger partial charge on any atom is 0.137 e. The van der Waals surface area contributed by atoms with Crippen molar-refractivity contribution in [1.29, 1.82) is 0 Å². The molecule has 0 atom stereocenters. The third-order valence-electron chi connectivity index (χ3n) is 11.0. The number of hydrogen-bond acceptors (Lipinski definition) is 1. The van der Waals surface area contributed by atoms with Crippen molar-refractivity contribution in [3.63, 3.8) is 0 Å². The van der Waals surface area contributed by atoms with Gasteiger partial charge in [0.2, 0.25) is 0 Å². The van der Waals surface area contributed by atoms with Crippen molar-refractivity contribution in [2.45, 2.75) is 0 Å². The van der Waals surface area contributed by atoms with Crippen LogP contribution in [0.1, 0.15) is 0 Å². The molecule has 53 heavy (non-hydrogen) atoms. The molecular formula is C51H32N2. The van der Waals surface area contributed by atoms with Crippen LogP contribution in [-0.4, -0.2) is 9.38 Å². The summed E-state index contributed by atoms with van der Waals surface area (Å²) in [6, 6.07) is 68.1. The average molecular weight is 673 g/mol. The molecule has 246 valence electrons. The molecule has 2 nitrogen and oxygen atoms in total. The second-order valence-electron chi connectivity index (χ2n) is 13.8. The van der Waals surface area contributed by atoms with Crippen molar-refractivity contribution in [3.05, 3.63) is 194 Å². The lowest BCUT2D eigenvalue weighted by Crippen LogP contribution is -1.93. The fraction of sp³-hybridized carbons (Fsp3) is 0. The van der Waals surface area contributed by atoms with Crippen LogP contribution in [0.15, 0.2) is 194 Å². The summed E-state index contributed by atoms with van der Waals surface area (Å²) in [7, 11) is 0. The Morgan fingerprint density at radius 3 is 1.47 bits per heavy atom. The Morgan fingerprint density at radius 2 is 0.830 bits per heavy atom. The van der Waals surface area contributed by atoms with Crippen LogP contribution in [0.5, 0.6) is 0 Å². The van der Waals surface area contributed by atoms with Crippen molar-refractivity contribution in [3.8, 4) is 78.1 Å². The quantitative estimate of drug-likeness (QED) is 0.178. The third-order valence-corrected chi connectivity index (χ3v) is 11.0. The minimum Gasteiger partial charge on any atom is -0.299 e. The zero-order valence-electron chi connectivity index (χ0n) is 28.9. The summed E-state index contributed by atoms with van der Waals surface area (Å²) < 4.78 is 2.20. The van der Waals surface area contributed by atoms with Gasteiger partial charge in [0.15, 0.2) is 0 Å². The number of hydrogen-bond donors (Lipinski definition) is 0. The fourth-order valence-corrected chi connectivity index (χ4v) is 8.74. The van der Waals surface area contributed by atoms with Gasteiger partial charge in [-0.2, -0.15) is 0 Å². The van der Waals surface area contributed by atoms with E-state index in [9.17, 15) is 0 Å². The minimum atomic E-state index is 0.940. The van der Waals surface area contributed by atoms with E-state index in [1.807, 2.05) is 6.07 Å². The number of rotatable bonds is 5. The molecule has 2 heteroatoms. The number of pyridine rings is 1. The second kappa shape index (κ2) is 11.8. The molecule has 0 spiro atoms. The number of aromatic nitrogens is 2. The Morgan fingerprint density at radius 1 is 0.321 bits per heavy atom. The lowest BCUT2D eigenvalue weighted by atomic mass is 9.82. The minimum absolute atomic E-state index is 0.940. The molecule has 10 aromatic rings. The van der Waals surface area contributed by atoms with Crippen LogP contribution in [0.3, 0.4) is 0 Å². The molecule has 0 fully saturated rings. The topological polar surface area (TPSA) is 17.3 Å². The van der Waals surface area contributed by atoms with E-state index < -0.39 is 0 Å². The molecule has 0 N–H and O–H groups in total. The first-order chi connectivity index (χ1) is 26.3. The molecule has 0 saturated carbocycles. The van der Waals surface area contributed by atoms with Crippen LogP contribution in [0.2, 0.25) is 0 Å². The van der Waals surface area contributed by atoms with Gasteiger partial charge in [0.1, 0.15) is 5.65 Å². The van der Waals surface area contributed by atoms with Gasteiger partial charge in [-0.25, -0.2) is 4.98 Å². The SMILES string of the molecule is c1ccc(-c2nc3ccccn3c2-c2ccc(-c3ccc4c5c(cccc35)-c3c-4c(-c4ccccc4)c4ccccc4c3-c3ccccc3)cc2)cc1. The molecule has 2 heterocycles. The second-order valence-corrected chi connectivity index (χ2v) is 13.8. The highest BCUT2D eigenvalue weighted by molar-refractivity contribution is 6.28. The fourth-order valence-electron chi connectivity index (χ4n) is 8.74. The molecule has 8 aromatic carbocycles. The van der Waals surface area contributed by atoms with Crippen molar-refractivity contribution >= 4 is 27.2 Å². The van der Waals surface area contributed by atoms with E-state index in [4.69, 9.17) is 4.98 Å². The molecule has 1 aliphatic rings. The Balaban J connectivity index is 1.13. The summed E-state index contributed by atoms with van der Waals surface area (Å²) in [5.41, 5.74) is 18.0. The first-order valence-corrected chi connectivity index (χ1v) is 18.2. The van der Waals surface area contributed by atoms with Crippen LogP contribution < -0.4 is 0 Å². The highest BCUT2D eigenvalue weighted by Gasteiger charge is 2.31. The molecule has 11 rings (SSSR count). The molecule has 1 aliphatic carbocycles. The zero-order chi connectivity index (χ0) is 34.9. The molecule has 0 unspecified atom stereocenters. The van der Waals surface area contributed by atoms with Gasteiger partial charge in [-0.1, -0.05) is 176 Å². The third kappa shape index (κ3) is 4.49. The van der Waals surface area contributed by atoms with Crippen LogP contribution in [0, 0.1) is 0 Å². The van der Waals surface area contributed by atoms with E-state index in [-0.39, 0.29) is 0 Å². The predicted molar refractivity (Wildman–Crippen MR) is 222 cm³/mol. The Kier molecular flexibility index (Phi) is 6.59. The highest BCUT2D eigenvalue weighted by Crippen LogP contribution is 2.58. The summed E-state index contributed by atoms with van der Waals surface area (Å²) in [5.74, 6) is 0. The maximum absolute atomic E-state index is 5.07. The average Bonchev–Trinajstić information content (AvgIpc) is 3.78. The van der Waals surface area contributed by atoms with E-state index in [0.29, 0.717) is 0 Å². The van der Waals surface area contributed by atoms with Crippen molar-refractivity contribution in [1.82, 2.24) is 9.38 Å². The number of fused-ring (bicyclic) bond motifs is 5. The summed E-state index contributed by atoms with van der Waals surface area (Å²) >= 11 is 0. The number of imidazole rings is 1. The molecular weight excluding hydrogens is 641 g/mol. The number of benzene rings is 8. The summed E-state index contributed by atoms with van der Waals surface area (Å²) in [6.07, 6.45) is 2.11. The predicted octanol–water partition coefficient (Wildman–Crippen LogP) is 13.6. The van der Waals surface area contributed by atoms with E-state index >= 15 is 0 Å². The summed E-state index contributed by atoms with van der Waals surface area (Å²) in [4.78, 5) is 5.07. The first-order valence-electron chi connectivity index (χ1n) is 18.2. The highest BCUT2D eigenvalue weighted by atomic mass is 15.0. The van der Waals surface area contributed by atoms with Gasteiger partial charge in [-0.3, -0.25) is 4.40 Å². The largest absolute Gasteiger partial charge is 0.299 e. The zero-order valence-corrected chi connectivity index (χ0v) is 28.9. The maximum atomic E-state index is 5.07. The Bertz CT molecular complexity index is 2920. The van der Waals surface area contributed by atoms with Gasteiger partial charge >= 0.3 is 0 Å². The van der Waals surface area contributed by atoms with Crippen molar-refractivity contribution < 1.29 is 0 Å². The van der Waals surface area contributed by atoms with Crippen LogP contribution >= 0.6 is 0 Å².